The van der Waals surface area contributed by atoms with Gasteiger partial charge in [0.05, 0.1) is 0 Å². The third kappa shape index (κ3) is 3.11. The van der Waals surface area contributed by atoms with E-state index in [0.29, 0.717) is 29.1 Å². The lowest BCUT2D eigenvalue weighted by Gasteiger charge is -2.08. The van der Waals surface area contributed by atoms with Crippen LogP contribution in [0.4, 0.5) is 11.4 Å². The van der Waals surface area contributed by atoms with Crippen molar-refractivity contribution in [2.75, 3.05) is 11.1 Å². The number of nitrogens with two attached hydrogens (primary N) is 1. The van der Waals surface area contributed by atoms with Crippen LogP contribution in [-0.4, -0.2) is 11.1 Å². The number of nitrogens with zero attached hydrogens (tertiary/aromatic N) is 1. The van der Waals surface area contributed by atoms with Gasteiger partial charge in [0.1, 0.15) is 11.4 Å². The number of amides is 1. The third-order valence-corrected chi connectivity index (χ3v) is 3.01. The number of carbonyl (C=O) groups is 1. The summed E-state index contributed by atoms with van der Waals surface area (Å²) in [6, 6.07) is 5.26. The number of halogens is 1. The van der Waals surface area contributed by atoms with E-state index in [2.05, 4.69) is 10.5 Å². The highest BCUT2D eigenvalue weighted by Crippen LogP contribution is 2.22. The third-order valence-electron chi connectivity index (χ3n) is 3.01. The Kier molecular flexibility index (Phi) is 5.16. The van der Waals surface area contributed by atoms with Crippen molar-refractivity contribution in [3.05, 3.63) is 40.8 Å². The van der Waals surface area contributed by atoms with Gasteiger partial charge in [0.15, 0.2) is 5.76 Å². The molecule has 0 saturated heterocycles. The summed E-state index contributed by atoms with van der Waals surface area (Å²) in [5.41, 5.74) is 9.10. The summed E-state index contributed by atoms with van der Waals surface area (Å²) < 4.78 is 5.09. The van der Waals surface area contributed by atoms with Crippen LogP contribution in [0.2, 0.25) is 0 Å². The molecule has 1 heterocycles. The summed E-state index contributed by atoms with van der Waals surface area (Å²) in [7, 11) is 0. The van der Waals surface area contributed by atoms with E-state index >= 15 is 0 Å². The average molecular weight is 296 g/mol. The monoisotopic (exact) mass is 295 g/mol. The Labute approximate surface area is 123 Å². The molecule has 2 rings (SSSR count). The maximum atomic E-state index is 12.3. The molecule has 0 spiro atoms. The van der Waals surface area contributed by atoms with Crippen LogP contribution in [0.5, 0.6) is 0 Å². The number of hydrogen-bond acceptors (Lipinski definition) is 4. The van der Waals surface area contributed by atoms with E-state index in [1.807, 2.05) is 19.9 Å². The molecular weight excluding hydrogens is 278 g/mol. The van der Waals surface area contributed by atoms with Crippen molar-refractivity contribution in [1.82, 2.24) is 5.16 Å². The molecule has 0 fully saturated rings. The Bertz CT molecular complexity index is 623. The van der Waals surface area contributed by atoms with E-state index in [1.165, 1.54) is 0 Å². The molecular formula is C14H18ClN3O2. The maximum Gasteiger partial charge on any atom is 0.256 e. The van der Waals surface area contributed by atoms with Gasteiger partial charge in [0.2, 0.25) is 0 Å². The molecule has 0 unspecified atom stereocenters. The molecule has 0 aliphatic rings. The zero-order valence-electron chi connectivity index (χ0n) is 11.7. The van der Waals surface area contributed by atoms with Gasteiger partial charge in [-0.05, 0) is 38.0 Å². The molecule has 3 N–H and O–H groups in total. The van der Waals surface area contributed by atoms with Gasteiger partial charge in [-0.2, -0.15) is 0 Å². The van der Waals surface area contributed by atoms with Crippen molar-refractivity contribution in [2.45, 2.75) is 27.2 Å². The molecule has 2 aromatic rings. The first-order chi connectivity index (χ1) is 9.02. The second kappa shape index (κ2) is 6.43. The Hall–Kier alpha value is -2.01. The minimum absolute atomic E-state index is 0. The van der Waals surface area contributed by atoms with Crippen molar-refractivity contribution in [3.8, 4) is 0 Å². The van der Waals surface area contributed by atoms with Gasteiger partial charge in [-0.1, -0.05) is 18.1 Å². The van der Waals surface area contributed by atoms with E-state index in [1.54, 1.807) is 19.1 Å². The number of aromatic nitrogens is 1. The number of rotatable bonds is 3. The highest BCUT2D eigenvalue weighted by molar-refractivity contribution is 6.06. The van der Waals surface area contributed by atoms with Crippen LogP contribution in [0, 0.1) is 13.8 Å². The Morgan fingerprint density at radius 1 is 1.40 bits per heavy atom. The standard InChI is InChI=1S/C14H17N3O2.ClH/c1-4-12-13(9(3)19-17-12)16-14(18)11-7-10(15)6-5-8(11)2;/h5-7H,4,15H2,1-3H3,(H,16,18);1H. The van der Waals surface area contributed by atoms with Gasteiger partial charge in [0, 0.05) is 11.3 Å². The molecule has 0 radical (unpaired) electrons. The second-order valence-electron chi connectivity index (χ2n) is 4.44. The van der Waals surface area contributed by atoms with Crippen molar-refractivity contribution >= 4 is 29.7 Å². The number of aryl methyl sites for hydroxylation is 3. The van der Waals surface area contributed by atoms with Gasteiger partial charge in [-0.15, -0.1) is 12.4 Å². The van der Waals surface area contributed by atoms with Crippen LogP contribution < -0.4 is 11.1 Å². The van der Waals surface area contributed by atoms with E-state index in [4.69, 9.17) is 10.3 Å². The van der Waals surface area contributed by atoms with Gasteiger partial charge >= 0.3 is 0 Å². The highest BCUT2D eigenvalue weighted by atomic mass is 35.5. The Morgan fingerprint density at radius 2 is 2.10 bits per heavy atom. The van der Waals surface area contributed by atoms with Crippen LogP contribution in [0.1, 0.15) is 34.3 Å². The summed E-state index contributed by atoms with van der Waals surface area (Å²) in [5.74, 6) is 0.401. The largest absolute Gasteiger partial charge is 0.399 e. The molecule has 1 amide bonds. The zero-order chi connectivity index (χ0) is 14.0. The average Bonchev–Trinajstić information content (AvgIpc) is 2.73. The first kappa shape index (κ1) is 16.0. The van der Waals surface area contributed by atoms with Crippen LogP contribution >= 0.6 is 12.4 Å². The van der Waals surface area contributed by atoms with Gasteiger partial charge in [-0.3, -0.25) is 4.79 Å². The molecule has 0 saturated carbocycles. The van der Waals surface area contributed by atoms with Crippen molar-refractivity contribution < 1.29 is 9.32 Å². The molecule has 1 aromatic heterocycles. The molecule has 108 valence electrons. The van der Waals surface area contributed by atoms with Crippen LogP contribution in [0.3, 0.4) is 0 Å². The van der Waals surface area contributed by atoms with Crippen molar-refractivity contribution in [3.63, 3.8) is 0 Å². The lowest BCUT2D eigenvalue weighted by Crippen LogP contribution is -2.15. The van der Waals surface area contributed by atoms with Crippen LogP contribution in [0.15, 0.2) is 22.7 Å². The van der Waals surface area contributed by atoms with Crippen LogP contribution in [0.25, 0.3) is 0 Å². The van der Waals surface area contributed by atoms with Gasteiger partial charge in [-0.25, -0.2) is 0 Å². The predicted octanol–water partition coefficient (Wildman–Crippen LogP) is 3.11. The summed E-state index contributed by atoms with van der Waals surface area (Å²) in [6.07, 6.45) is 0.697. The fourth-order valence-corrected chi connectivity index (χ4v) is 1.88. The number of anilines is 2. The molecule has 0 atom stereocenters. The Morgan fingerprint density at radius 3 is 2.75 bits per heavy atom. The fraction of sp³-hybridized carbons (Fsp3) is 0.286. The van der Waals surface area contributed by atoms with E-state index < -0.39 is 0 Å². The number of nitrogens with one attached hydrogen (secondary N) is 1. The quantitative estimate of drug-likeness (QED) is 0.853. The summed E-state index contributed by atoms with van der Waals surface area (Å²) in [5, 5.41) is 6.75. The molecule has 0 aliphatic heterocycles. The molecule has 1 aromatic carbocycles. The van der Waals surface area contributed by atoms with Crippen molar-refractivity contribution in [1.29, 1.82) is 0 Å². The second-order valence-corrected chi connectivity index (χ2v) is 4.44. The van der Waals surface area contributed by atoms with E-state index in [9.17, 15) is 4.79 Å². The maximum absolute atomic E-state index is 12.3. The molecule has 20 heavy (non-hydrogen) atoms. The number of carbonyl (C=O) groups excluding carboxylic acids is 1. The first-order valence-electron chi connectivity index (χ1n) is 6.15. The topological polar surface area (TPSA) is 81.2 Å². The molecule has 0 bridgehead atoms. The minimum atomic E-state index is -0.203. The molecule has 6 heteroatoms. The van der Waals surface area contributed by atoms with Gasteiger partial charge in [0.25, 0.3) is 5.91 Å². The molecule has 5 nitrogen and oxygen atoms in total. The van der Waals surface area contributed by atoms with Crippen LogP contribution in [-0.2, 0) is 6.42 Å². The highest BCUT2D eigenvalue weighted by Gasteiger charge is 2.16. The summed E-state index contributed by atoms with van der Waals surface area (Å²) in [4.78, 5) is 12.3. The van der Waals surface area contributed by atoms with Crippen molar-refractivity contribution in [2.24, 2.45) is 0 Å². The first-order valence-corrected chi connectivity index (χ1v) is 6.15. The summed E-state index contributed by atoms with van der Waals surface area (Å²) in [6.45, 7) is 5.60. The van der Waals surface area contributed by atoms with E-state index in [0.717, 1.165) is 11.3 Å². The lowest BCUT2D eigenvalue weighted by molar-refractivity contribution is 0.102. The van der Waals surface area contributed by atoms with Gasteiger partial charge < -0.3 is 15.6 Å². The number of hydrogen-bond donors (Lipinski definition) is 2. The lowest BCUT2D eigenvalue weighted by atomic mass is 10.1. The zero-order valence-corrected chi connectivity index (χ0v) is 12.5. The minimum Gasteiger partial charge on any atom is -0.399 e. The predicted molar refractivity (Wildman–Crippen MR) is 81.4 cm³/mol. The smallest absolute Gasteiger partial charge is 0.256 e. The fourth-order valence-electron chi connectivity index (χ4n) is 1.88. The molecule has 0 aliphatic carbocycles. The Balaban J connectivity index is 0.00000200. The summed E-state index contributed by atoms with van der Waals surface area (Å²) >= 11 is 0. The number of nitrogen functional groups attached to an aromatic ring is 1. The van der Waals surface area contributed by atoms with E-state index in [-0.39, 0.29) is 18.3 Å². The number of benzene rings is 1. The normalized spacial score (nSPS) is 9.95. The SMILES string of the molecule is CCc1noc(C)c1NC(=O)c1cc(N)ccc1C.Cl.